The Bertz CT molecular complexity index is 400. The molecule has 1 aromatic carbocycles. The molecule has 2 rings (SSSR count). The third-order valence-electron chi connectivity index (χ3n) is 3.28. The number of hydrogen-bond acceptors (Lipinski definition) is 4. The minimum absolute atomic E-state index is 0.713. The molecule has 0 spiro atoms. The second-order valence-electron chi connectivity index (χ2n) is 5.21. The molecule has 0 unspecified atom stereocenters. The summed E-state index contributed by atoms with van der Waals surface area (Å²) in [4.78, 5) is 4.58. The first-order chi connectivity index (χ1) is 9.20. The SMILES string of the molecule is CCOc1cc(CN(C)C)ccc1N1CCNCC1. The number of nitrogens with zero attached hydrogens (tertiary/aromatic N) is 2. The largest absolute Gasteiger partial charge is 0.492 e. The van der Waals surface area contributed by atoms with Crippen molar-refractivity contribution in [3.05, 3.63) is 23.8 Å². The Morgan fingerprint density at radius 2 is 2.00 bits per heavy atom. The summed E-state index contributed by atoms with van der Waals surface area (Å²) in [5, 5.41) is 3.38. The molecule has 0 aliphatic carbocycles. The van der Waals surface area contributed by atoms with Crippen LogP contribution < -0.4 is 15.0 Å². The number of rotatable bonds is 5. The Hall–Kier alpha value is -1.26. The van der Waals surface area contributed by atoms with Gasteiger partial charge in [-0.3, -0.25) is 0 Å². The Morgan fingerprint density at radius 1 is 1.26 bits per heavy atom. The first-order valence-electron chi connectivity index (χ1n) is 7.07. The fourth-order valence-corrected chi connectivity index (χ4v) is 2.46. The topological polar surface area (TPSA) is 27.7 Å². The first-order valence-corrected chi connectivity index (χ1v) is 7.07. The quantitative estimate of drug-likeness (QED) is 0.872. The van der Waals surface area contributed by atoms with Crippen LogP contribution in [0.5, 0.6) is 5.75 Å². The molecular weight excluding hydrogens is 238 g/mol. The van der Waals surface area contributed by atoms with Gasteiger partial charge < -0.3 is 19.9 Å². The van der Waals surface area contributed by atoms with Crippen molar-refractivity contribution in [3.8, 4) is 5.75 Å². The summed E-state index contributed by atoms with van der Waals surface area (Å²) < 4.78 is 5.83. The van der Waals surface area contributed by atoms with Gasteiger partial charge in [0.05, 0.1) is 12.3 Å². The highest BCUT2D eigenvalue weighted by atomic mass is 16.5. The van der Waals surface area contributed by atoms with E-state index in [2.05, 4.69) is 47.4 Å². The Kier molecular flexibility index (Phi) is 5.05. The van der Waals surface area contributed by atoms with Crippen molar-refractivity contribution >= 4 is 5.69 Å². The van der Waals surface area contributed by atoms with Crippen LogP contribution in [0.15, 0.2) is 18.2 Å². The minimum Gasteiger partial charge on any atom is -0.492 e. The summed E-state index contributed by atoms with van der Waals surface area (Å²) in [6, 6.07) is 6.59. The third kappa shape index (κ3) is 3.85. The lowest BCUT2D eigenvalue weighted by molar-refractivity contribution is 0.338. The normalized spacial score (nSPS) is 15.9. The van der Waals surface area contributed by atoms with E-state index in [9.17, 15) is 0 Å². The van der Waals surface area contributed by atoms with Crippen molar-refractivity contribution in [2.45, 2.75) is 13.5 Å². The molecule has 4 heteroatoms. The van der Waals surface area contributed by atoms with E-state index in [4.69, 9.17) is 4.74 Å². The van der Waals surface area contributed by atoms with Crippen LogP contribution in [0.4, 0.5) is 5.69 Å². The third-order valence-corrected chi connectivity index (χ3v) is 3.28. The van der Waals surface area contributed by atoms with Gasteiger partial charge in [-0.25, -0.2) is 0 Å². The molecule has 1 heterocycles. The van der Waals surface area contributed by atoms with Crippen molar-refractivity contribution < 1.29 is 4.74 Å². The highest BCUT2D eigenvalue weighted by Gasteiger charge is 2.15. The van der Waals surface area contributed by atoms with E-state index < -0.39 is 0 Å². The van der Waals surface area contributed by atoms with E-state index >= 15 is 0 Å². The van der Waals surface area contributed by atoms with E-state index in [-0.39, 0.29) is 0 Å². The van der Waals surface area contributed by atoms with Gasteiger partial charge in [0, 0.05) is 32.7 Å². The molecule has 0 radical (unpaired) electrons. The lowest BCUT2D eigenvalue weighted by Crippen LogP contribution is -2.43. The van der Waals surface area contributed by atoms with Crippen LogP contribution in [0, 0.1) is 0 Å². The number of nitrogens with one attached hydrogen (secondary N) is 1. The number of ether oxygens (including phenoxy) is 1. The van der Waals surface area contributed by atoms with Crippen molar-refractivity contribution in [1.29, 1.82) is 0 Å². The van der Waals surface area contributed by atoms with Crippen molar-refractivity contribution in [2.75, 3.05) is 51.8 Å². The van der Waals surface area contributed by atoms with Gasteiger partial charge in [0.2, 0.25) is 0 Å². The average molecular weight is 263 g/mol. The molecule has 0 bridgehead atoms. The second-order valence-corrected chi connectivity index (χ2v) is 5.21. The second kappa shape index (κ2) is 6.78. The molecule has 19 heavy (non-hydrogen) atoms. The lowest BCUT2D eigenvalue weighted by Gasteiger charge is -2.31. The molecule has 0 atom stereocenters. The van der Waals surface area contributed by atoms with E-state index in [1.54, 1.807) is 0 Å². The molecular formula is C15H25N3O. The predicted molar refractivity (Wildman–Crippen MR) is 80.1 cm³/mol. The highest BCUT2D eigenvalue weighted by Crippen LogP contribution is 2.30. The molecule has 1 N–H and O–H groups in total. The van der Waals surface area contributed by atoms with Crippen LogP contribution in [0.3, 0.4) is 0 Å². The number of benzene rings is 1. The number of hydrogen-bond donors (Lipinski definition) is 1. The standard InChI is InChI=1S/C15H25N3O/c1-4-19-15-11-13(12-17(2)3)5-6-14(15)18-9-7-16-8-10-18/h5-6,11,16H,4,7-10,12H2,1-3H3. The van der Waals surface area contributed by atoms with Crippen molar-refractivity contribution in [3.63, 3.8) is 0 Å². The summed E-state index contributed by atoms with van der Waals surface area (Å²) in [6.45, 7) is 7.89. The Labute approximate surface area is 116 Å². The number of piperazine rings is 1. The van der Waals surface area contributed by atoms with E-state index in [0.29, 0.717) is 6.61 Å². The smallest absolute Gasteiger partial charge is 0.142 e. The van der Waals surface area contributed by atoms with Crippen LogP contribution in [-0.4, -0.2) is 51.8 Å². The molecule has 1 fully saturated rings. The highest BCUT2D eigenvalue weighted by molar-refractivity contribution is 5.60. The van der Waals surface area contributed by atoms with Gasteiger partial charge in [0.25, 0.3) is 0 Å². The van der Waals surface area contributed by atoms with Crippen molar-refractivity contribution in [2.24, 2.45) is 0 Å². The average Bonchev–Trinajstić information content (AvgIpc) is 2.40. The fraction of sp³-hybridized carbons (Fsp3) is 0.600. The predicted octanol–water partition coefficient (Wildman–Crippen LogP) is 1.56. The molecule has 0 aromatic heterocycles. The molecule has 0 saturated carbocycles. The van der Waals surface area contributed by atoms with E-state index in [1.165, 1.54) is 11.3 Å². The molecule has 4 nitrogen and oxygen atoms in total. The molecule has 0 amide bonds. The zero-order valence-electron chi connectivity index (χ0n) is 12.3. The van der Waals surface area contributed by atoms with E-state index in [0.717, 1.165) is 38.5 Å². The Balaban J connectivity index is 2.20. The van der Waals surface area contributed by atoms with Gasteiger partial charge in [0.15, 0.2) is 0 Å². The fourth-order valence-electron chi connectivity index (χ4n) is 2.46. The van der Waals surface area contributed by atoms with Gasteiger partial charge in [0.1, 0.15) is 5.75 Å². The van der Waals surface area contributed by atoms with Crippen molar-refractivity contribution in [1.82, 2.24) is 10.2 Å². The van der Waals surface area contributed by atoms with Gasteiger partial charge in [-0.2, -0.15) is 0 Å². The summed E-state index contributed by atoms with van der Waals surface area (Å²) in [6.07, 6.45) is 0. The zero-order valence-corrected chi connectivity index (χ0v) is 12.3. The molecule has 106 valence electrons. The van der Waals surface area contributed by atoms with Crippen LogP contribution in [0.1, 0.15) is 12.5 Å². The Morgan fingerprint density at radius 3 is 2.63 bits per heavy atom. The van der Waals surface area contributed by atoms with Gasteiger partial charge >= 0.3 is 0 Å². The van der Waals surface area contributed by atoms with Gasteiger partial charge in [-0.1, -0.05) is 6.07 Å². The maximum absolute atomic E-state index is 5.83. The maximum atomic E-state index is 5.83. The minimum atomic E-state index is 0.713. The van der Waals surface area contributed by atoms with E-state index in [1.807, 2.05) is 6.92 Å². The summed E-state index contributed by atoms with van der Waals surface area (Å²) in [7, 11) is 4.18. The first kappa shape index (κ1) is 14.2. The van der Waals surface area contributed by atoms with Crippen LogP contribution in [0.25, 0.3) is 0 Å². The summed E-state index contributed by atoms with van der Waals surface area (Å²) in [5.74, 6) is 1.02. The summed E-state index contributed by atoms with van der Waals surface area (Å²) >= 11 is 0. The monoisotopic (exact) mass is 263 g/mol. The van der Waals surface area contributed by atoms with Crippen LogP contribution in [0.2, 0.25) is 0 Å². The molecule has 1 saturated heterocycles. The number of anilines is 1. The molecule has 1 aliphatic rings. The van der Waals surface area contributed by atoms with Gasteiger partial charge in [-0.05, 0) is 38.7 Å². The van der Waals surface area contributed by atoms with Crippen LogP contribution >= 0.6 is 0 Å². The zero-order chi connectivity index (χ0) is 13.7. The van der Waals surface area contributed by atoms with Crippen LogP contribution in [-0.2, 0) is 6.54 Å². The molecule has 1 aromatic rings. The molecule has 1 aliphatic heterocycles. The summed E-state index contributed by atoms with van der Waals surface area (Å²) in [5.41, 5.74) is 2.53. The van der Waals surface area contributed by atoms with Gasteiger partial charge in [-0.15, -0.1) is 0 Å². The lowest BCUT2D eigenvalue weighted by atomic mass is 10.1. The maximum Gasteiger partial charge on any atom is 0.142 e.